The first kappa shape index (κ1) is 18.7. The molecule has 1 aliphatic heterocycles. The molecule has 1 saturated heterocycles. The highest BCUT2D eigenvalue weighted by Gasteiger charge is 2.46. The second kappa shape index (κ2) is 7.27. The van der Waals surface area contributed by atoms with Crippen LogP contribution >= 0.6 is 0 Å². The molecule has 1 aliphatic rings. The van der Waals surface area contributed by atoms with Gasteiger partial charge in [0.25, 0.3) is 11.7 Å². The fraction of sp³-hybridized carbons (Fsp3) is 0.273. The van der Waals surface area contributed by atoms with Crippen LogP contribution < -0.4 is 0 Å². The molecular formula is C22H23NO4. The number of nitrogens with zero attached hydrogens (tertiary/aromatic N) is 1. The minimum Gasteiger partial charge on any atom is -0.508 e. The molecule has 1 fully saturated rings. The number of hydrogen-bond donors (Lipinski definition) is 2. The van der Waals surface area contributed by atoms with E-state index in [4.69, 9.17) is 0 Å². The predicted molar refractivity (Wildman–Crippen MR) is 103 cm³/mol. The van der Waals surface area contributed by atoms with Crippen molar-refractivity contribution in [1.82, 2.24) is 4.90 Å². The number of carbonyl (C=O) groups is 2. The lowest BCUT2D eigenvalue weighted by atomic mass is 9.94. The number of aliphatic hydroxyl groups excluding tert-OH is 1. The lowest BCUT2D eigenvalue weighted by Crippen LogP contribution is -2.33. The quantitative estimate of drug-likeness (QED) is 0.491. The second-order valence-electron chi connectivity index (χ2n) is 7.30. The number of aliphatic hydroxyl groups is 1. The van der Waals surface area contributed by atoms with Gasteiger partial charge in [-0.05, 0) is 30.5 Å². The van der Waals surface area contributed by atoms with Crippen molar-refractivity contribution in [3.05, 3.63) is 70.8 Å². The molecule has 2 aromatic carbocycles. The zero-order valence-electron chi connectivity index (χ0n) is 15.6. The van der Waals surface area contributed by atoms with Crippen LogP contribution in [-0.4, -0.2) is 33.3 Å². The van der Waals surface area contributed by atoms with Gasteiger partial charge in [0, 0.05) is 12.1 Å². The molecule has 2 N–H and O–H groups in total. The van der Waals surface area contributed by atoms with Gasteiger partial charge in [-0.3, -0.25) is 9.59 Å². The zero-order chi connectivity index (χ0) is 19.7. The lowest BCUT2D eigenvalue weighted by molar-refractivity contribution is -0.140. The summed E-state index contributed by atoms with van der Waals surface area (Å²) in [6, 6.07) is 12.8. The van der Waals surface area contributed by atoms with Crippen molar-refractivity contribution >= 4 is 17.4 Å². The fourth-order valence-corrected chi connectivity index (χ4v) is 3.33. The van der Waals surface area contributed by atoms with Crippen molar-refractivity contribution in [2.75, 3.05) is 6.54 Å². The highest BCUT2D eigenvalue weighted by molar-refractivity contribution is 6.46. The maximum Gasteiger partial charge on any atom is 0.295 e. The first-order valence-electron chi connectivity index (χ1n) is 8.94. The van der Waals surface area contributed by atoms with Crippen LogP contribution in [0.2, 0.25) is 0 Å². The minimum atomic E-state index is -0.688. The van der Waals surface area contributed by atoms with Gasteiger partial charge < -0.3 is 15.1 Å². The minimum absolute atomic E-state index is 0.0789. The summed E-state index contributed by atoms with van der Waals surface area (Å²) in [6.45, 7) is 6.25. The van der Waals surface area contributed by atoms with Crippen molar-refractivity contribution in [3.63, 3.8) is 0 Å². The van der Waals surface area contributed by atoms with E-state index in [0.29, 0.717) is 17.7 Å². The smallest absolute Gasteiger partial charge is 0.295 e. The highest BCUT2D eigenvalue weighted by atomic mass is 16.3. The third kappa shape index (κ3) is 3.58. The van der Waals surface area contributed by atoms with Crippen LogP contribution in [0.15, 0.2) is 54.1 Å². The van der Waals surface area contributed by atoms with E-state index in [1.165, 1.54) is 17.0 Å². The van der Waals surface area contributed by atoms with E-state index in [1.807, 2.05) is 32.9 Å². The second-order valence-corrected chi connectivity index (χ2v) is 7.30. The number of ketones is 1. The van der Waals surface area contributed by atoms with Gasteiger partial charge in [0.15, 0.2) is 0 Å². The molecule has 1 heterocycles. The van der Waals surface area contributed by atoms with Crippen LogP contribution in [0.3, 0.4) is 0 Å². The Balaban J connectivity index is 2.17. The van der Waals surface area contributed by atoms with E-state index in [2.05, 4.69) is 0 Å². The molecule has 0 saturated carbocycles. The summed E-state index contributed by atoms with van der Waals surface area (Å²) >= 11 is 0. The predicted octanol–water partition coefficient (Wildman–Crippen LogP) is 3.78. The Morgan fingerprint density at radius 1 is 1.04 bits per heavy atom. The van der Waals surface area contributed by atoms with E-state index < -0.39 is 17.7 Å². The molecular weight excluding hydrogens is 342 g/mol. The molecule has 5 heteroatoms. The van der Waals surface area contributed by atoms with Crippen molar-refractivity contribution in [1.29, 1.82) is 0 Å². The Hall–Kier alpha value is -3.08. The van der Waals surface area contributed by atoms with E-state index in [9.17, 15) is 19.8 Å². The number of likely N-dealkylation sites (tertiary alicyclic amines) is 1. The normalized spacial score (nSPS) is 19.1. The average Bonchev–Trinajstić information content (AvgIpc) is 2.87. The molecule has 0 aliphatic carbocycles. The molecule has 0 radical (unpaired) electrons. The summed E-state index contributed by atoms with van der Waals surface area (Å²) in [7, 11) is 0. The first-order valence-corrected chi connectivity index (χ1v) is 8.94. The Kier molecular flexibility index (Phi) is 5.04. The number of aromatic hydroxyl groups is 1. The molecule has 0 spiro atoms. The average molecular weight is 365 g/mol. The van der Waals surface area contributed by atoms with Crippen LogP contribution in [0.1, 0.15) is 36.6 Å². The Morgan fingerprint density at radius 3 is 2.19 bits per heavy atom. The topological polar surface area (TPSA) is 77.8 Å². The van der Waals surface area contributed by atoms with Crippen molar-refractivity contribution in [2.45, 2.75) is 26.8 Å². The molecule has 0 aromatic heterocycles. The number of Topliss-reactive ketones (excluding diaryl/α,β-unsaturated/α-hetero) is 1. The summed E-state index contributed by atoms with van der Waals surface area (Å²) < 4.78 is 0. The zero-order valence-corrected chi connectivity index (χ0v) is 15.6. The number of aryl methyl sites for hydroxylation is 1. The van der Waals surface area contributed by atoms with E-state index >= 15 is 0 Å². The van der Waals surface area contributed by atoms with Gasteiger partial charge in [-0.2, -0.15) is 0 Å². The van der Waals surface area contributed by atoms with Gasteiger partial charge in [-0.15, -0.1) is 0 Å². The fourth-order valence-electron chi connectivity index (χ4n) is 3.33. The molecule has 0 bridgehead atoms. The van der Waals surface area contributed by atoms with Gasteiger partial charge in [-0.1, -0.05) is 55.8 Å². The van der Waals surface area contributed by atoms with E-state index in [0.717, 1.165) is 5.56 Å². The summed E-state index contributed by atoms with van der Waals surface area (Å²) in [5.74, 6) is -1.24. The number of amides is 1. The number of rotatable bonds is 4. The van der Waals surface area contributed by atoms with Crippen LogP contribution in [0.25, 0.3) is 5.76 Å². The molecule has 5 nitrogen and oxygen atoms in total. The largest absolute Gasteiger partial charge is 0.508 e. The number of phenols is 1. The van der Waals surface area contributed by atoms with Crippen molar-refractivity contribution in [2.24, 2.45) is 5.92 Å². The summed E-state index contributed by atoms with van der Waals surface area (Å²) in [4.78, 5) is 26.9. The number of phenolic OH excluding ortho intramolecular Hbond substituents is 1. The molecule has 140 valence electrons. The van der Waals surface area contributed by atoms with Crippen LogP contribution in [0.5, 0.6) is 5.75 Å². The Bertz CT molecular complexity index is 895. The van der Waals surface area contributed by atoms with E-state index in [1.54, 1.807) is 24.3 Å². The van der Waals surface area contributed by atoms with Gasteiger partial charge in [0.05, 0.1) is 11.6 Å². The Morgan fingerprint density at radius 2 is 1.63 bits per heavy atom. The number of carbonyl (C=O) groups excluding carboxylic acids is 2. The van der Waals surface area contributed by atoms with Crippen LogP contribution in [0.4, 0.5) is 0 Å². The van der Waals surface area contributed by atoms with Crippen molar-refractivity contribution < 1.29 is 19.8 Å². The number of hydrogen-bond acceptors (Lipinski definition) is 4. The van der Waals surface area contributed by atoms with Crippen LogP contribution in [0, 0.1) is 12.8 Å². The monoisotopic (exact) mass is 365 g/mol. The third-order valence-electron chi connectivity index (χ3n) is 4.64. The van der Waals surface area contributed by atoms with E-state index in [-0.39, 0.29) is 23.0 Å². The number of benzene rings is 2. The van der Waals surface area contributed by atoms with Gasteiger partial charge >= 0.3 is 0 Å². The standard InChI is InChI=1S/C22H23NO4/c1-13(2)12-23-19(15-8-10-17(24)11-9-15)18(21(26)22(23)27)20(25)16-6-4-14(3)5-7-16/h4-11,13,19,24-25H,12H2,1-3H3/b20-18+. The molecule has 27 heavy (non-hydrogen) atoms. The maximum absolute atomic E-state index is 12.8. The molecule has 1 amide bonds. The SMILES string of the molecule is Cc1ccc(/C(O)=C2\C(=O)C(=O)N(CC(C)C)C2c2ccc(O)cc2)cc1. The van der Waals surface area contributed by atoms with Gasteiger partial charge in [0.1, 0.15) is 11.5 Å². The molecule has 1 atom stereocenters. The lowest BCUT2D eigenvalue weighted by Gasteiger charge is -2.26. The molecule has 2 aromatic rings. The molecule has 1 unspecified atom stereocenters. The summed E-state index contributed by atoms with van der Waals surface area (Å²) in [6.07, 6.45) is 0. The Labute approximate surface area is 158 Å². The van der Waals surface area contributed by atoms with Crippen molar-refractivity contribution in [3.8, 4) is 5.75 Å². The maximum atomic E-state index is 12.8. The third-order valence-corrected chi connectivity index (χ3v) is 4.64. The highest BCUT2D eigenvalue weighted by Crippen LogP contribution is 2.40. The molecule has 3 rings (SSSR count). The van der Waals surface area contributed by atoms with Gasteiger partial charge in [-0.25, -0.2) is 0 Å². The van der Waals surface area contributed by atoms with Gasteiger partial charge in [0.2, 0.25) is 0 Å². The summed E-state index contributed by atoms with van der Waals surface area (Å²) in [5.41, 5.74) is 2.27. The van der Waals surface area contributed by atoms with Crippen LogP contribution in [-0.2, 0) is 9.59 Å². The summed E-state index contributed by atoms with van der Waals surface area (Å²) in [5, 5.41) is 20.5. The first-order chi connectivity index (χ1) is 12.8.